The van der Waals surface area contributed by atoms with Crippen molar-refractivity contribution in [2.75, 3.05) is 0 Å². The van der Waals surface area contributed by atoms with Gasteiger partial charge in [-0.15, -0.1) is 0 Å². The van der Waals surface area contributed by atoms with Gasteiger partial charge in [-0.1, -0.05) is 28.1 Å². The fourth-order valence-corrected chi connectivity index (χ4v) is 2.52. The van der Waals surface area contributed by atoms with Crippen LogP contribution in [0.5, 0.6) is 0 Å². The molecular weight excluding hydrogens is 345 g/mol. The first-order chi connectivity index (χ1) is 9.56. The molecule has 0 saturated heterocycles. The highest BCUT2D eigenvalue weighted by Gasteiger charge is 2.09. The molecule has 0 amide bonds. The first-order valence-corrected chi connectivity index (χ1v) is 6.88. The summed E-state index contributed by atoms with van der Waals surface area (Å²) in [7, 11) is 0. The number of aromatic nitrogens is 1. The fraction of sp³-hybridized carbons (Fsp3) is 0. The minimum Gasteiger partial charge on any atom is -0.409 e. The van der Waals surface area contributed by atoms with Crippen LogP contribution < -0.4 is 5.76 Å². The first kappa shape index (κ1) is 13.2. The van der Waals surface area contributed by atoms with Crippen LogP contribution in [0, 0.1) is 10.5 Å². The van der Waals surface area contributed by atoms with Crippen LogP contribution in [0.15, 0.2) is 56.1 Å². The third-order valence-electron chi connectivity index (χ3n) is 2.84. The van der Waals surface area contributed by atoms with Gasteiger partial charge in [0.05, 0.1) is 11.1 Å². The molecule has 3 aromatic rings. The molecule has 3 rings (SSSR count). The summed E-state index contributed by atoms with van der Waals surface area (Å²) in [4.78, 5) is 12.0. The van der Waals surface area contributed by atoms with Crippen molar-refractivity contribution in [2.45, 2.75) is 0 Å². The lowest BCUT2D eigenvalue weighted by Crippen LogP contribution is -2.18. The molecule has 6 heteroatoms. The van der Waals surface area contributed by atoms with Gasteiger partial charge in [0.1, 0.15) is 16.0 Å². The average Bonchev–Trinajstić information content (AvgIpc) is 2.42. The lowest BCUT2D eigenvalue weighted by Gasteiger charge is -2.07. The third kappa shape index (κ3) is 2.21. The SMILES string of the molecule is O=c1oc2ccc(F)cc2c(=S)n1-c1ccc(Br)cc1. The number of nitrogens with zero attached hydrogens (tertiary/aromatic N) is 1. The molecule has 0 saturated carbocycles. The van der Waals surface area contributed by atoms with Crippen molar-refractivity contribution in [1.82, 2.24) is 4.57 Å². The Morgan fingerprint density at radius 2 is 1.85 bits per heavy atom. The average molecular weight is 352 g/mol. The lowest BCUT2D eigenvalue weighted by molar-refractivity contribution is 0.506. The van der Waals surface area contributed by atoms with Gasteiger partial charge in [-0.3, -0.25) is 0 Å². The summed E-state index contributed by atoms with van der Waals surface area (Å²) in [6.07, 6.45) is 0. The number of halogens is 2. The van der Waals surface area contributed by atoms with Crippen LogP contribution in [0.3, 0.4) is 0 Å². The minimum atomic E-state index is -0.601. The molecule has 3 nitrogen and oxygen atoms in total. The van der Waals surface area contributed by atoms with E-state index >= 15 is 0 Å². The second-order valence-corrected chi connectivity index (χ2v) is 5.43. The van der Waals surface area contributed by atoms with Gasteiger partial charge in [0.2, 0.25) is 0 Å². The number of fused-ring (bicyclic) bond motifs is 1. The summed E-state index contributed by atoms with van der Waals surface area (Å²) in [5.41, 5.74) is 0.841. The number of hydrogen-bond acceptors (Lipinski definition) is 3. The zero-order valence-corrected chi connectivity index (χ0v) is 12.4. The third-order valence-corrected chi connectivity index (χ3v) is 3.77. The zero-order valence-electron chi connectivity index (χ0n) is 9.97. The Kier molecular flexibility index (Phi) is 3.27. The highest BCUT2D eigenvalue weighted by atomic mass is 79.9. The van der Waals surface area contributed by atoms with Crippen molar-refractivity contribution in [3.05, 3.63) is 67.9 Å². The number of hydrogen-bond donors (Lipinski definition) is 0. The van der Waals surface area contributed by atoms with Gasteiger partial charge in [0.25, 0.3) is 0 Å². The first-order valence-electron chi connectivity index (χ1n) is 5.67. The summed E-state index contributed by atoms with van der Waals surface area (Å²) in [6.45, 7) is 0. The molecule has 1 heterocycles. The van der Waals surface area contributed by atoms with Gasteiger partial charge in [0, 0.05) is 4.47 Å². The molecular formula is C14H7BrFNO2S. The Morgan fingerprint density at radius 3 is 2.55 bits per heavy atom. The molecule has 100 valence electrons. The van der Waals surface area contributed by atoms with Gasteiger partial charge in [0.15, 0.2) is 0 Å². The molecule has 0 atom stereocenters. The molecule has 0 unspecified atom stereocenters. The number of rotatable bonds is 1. The van der Waals surface area contributed by atoms with Gasteiger partial charge >= 0.3 is 5.76 Å². The maximum Gasteiger partial charge on any atom is 0.425 e. The normalized spacial score (nSPS) is 10.9. The summed E-state index contributed by atoms with van der Waals surface area (Å²) >= 11 is 8.60. The van der Waals surface area contributed by atoms with E-state index in [0.717, 1.165) is 4.47 Å². The van der Waals surface area contributed by atoms with E-state index in [1.54, 1.807) is 24.3 Å². The summed E-state index contributed by atoms with van der Waals surface area (Å²) in [5, 5.41) is 0.391. The highest BCUT2D eigenvalue weighted by Crippen LogP contribution is 2.19. The van der Waals surface area contributed by atoms with E-state index in [0.29, 0.717) is 11.1 Å². The van der Waals surface area contributed by atoms with Crippen LogP contribution >= 0.6 is 28.1 Å². The molecule has 0 aliphatic carbocycles. The standard InChI is InChI=1S/C14H7BrFNO2S/c15-8-1-4-10(5-2-8)17-13(20)11-7-9(16)3-6-12(11)19-14(17)18/h1-7H. The summed E-state index contributed by atoms with van der Waals surface area (Å²) in [5.74, 6) is -1.03. The molecule has 0 N–H and O–H groups in total. The van der Waals surface area contributed by atoms with Crippen LogP contribution in [0.1, 0.15) is 0 Å². The van der Waals surface area contributed by atoms with Crippen LogP contribution in [0.2, 0.25) is 0 Å². The van der Waals surface area contributed by atoms with E-state index in [1.165, 1.54) is 22.8 Å². The Balaban J connectivity index is 2.39. The fourth-order valence-electron chi connectivity index (χ4n) is 1.91. The van der Waals surface area contributed by atoms with E-state index in [2.05, 4.69) is 15.9 Å². The summed E-state index contributed by atoms with van der Waals surface area (Å²) < 4.78 is 20.8. The molecule has 0 radical (unpaired) electrons. The number of benzene rings is 2. The van der Waals surface area contributed by atoms with E-state index in [-0.39, 0.29) is 10.2 Å². The van der Waals surface area contributed by atoms with E-state index in [1.807, 2.05) is 0 Å². The zero-order chi connectivity index (χ0) is 14.3. The molecule has 0 spiro atoms. The van der Waals surface area contributed by atoms with Gasteiger partial charge in [-0.2, -0.15) is 0 Å². The van der Waals surface area contributed by atoms with Crippen molar-refractivity contribution < 1.29 is 8.81 Å². The van der Waals surface area contributed by atoms with Gasteiger partial charge in [-0.25, -0.2) is 13.8 Å². The molecule has 0 aliphatic rings. The Hall–Kier alpha value is -1.79. The van der Waals surface area contributed by atoms with Crippen molar-refractivity contribution in [3.8, 4) is 5.69 Å². The minimum absolute atomic E-state index is 0.220. The quantitative estimate of drug-likeness (QED) is 0.616. The van der Waals surface area contributed by atoms with Crippen molar-refractivity contribution in [3.63, 3.8) is 0 Å². The van der Waals surface area contributed by atoms with E-state index < -0.39 is 11.6 Å². The largest absolute Gasteiger partial charge is 0.425 e. The van der Waals surface area contributed by atoms with Crippen molar-refractivity contribution in [1.29, 1.82) is 0 Å². The molecule has 0 bridgehead atoms. The van der Waals surface area contributed by atoms with E-state index in [9.17, 15) is 9.18 Å². The molecule has 20 heavy (non-hydrogen) atoms. The Morgan fingerprint density at radius 1 is 1.15 bits per heavy atom. The van der Waals surface area contributed by atoms with Crippen LogP contribution in [0.4, 0.5) is 4.39 Å². The van der Waals surface area contributed by atoms with Gasteiger partial charge < -0.3 is 4.42 Å². The monoisotopic (exact) mass is 351 g/mol. The topological polar surface area (TPSA) is 35.1 Å². The molecule has 0 aliphatic heterocycles. The maximum absolute atomic E-state index is 13.3. The second-order valence-electron chi connectivity index (χ2n) is 4.13. The van der Waals surface area contributed by atoms with Gasteiger partial charge in [-0.05, 0) is 42.5 Å². The van der Waals surface area contributed by atoms with Crippen molar-refractivity contribution in [2.24, 2.45) is 0 Å². The molecule has 0 fully saturated rings. The van der Waals surface area contributed by atoms with E-state index in [4.69, 9.17) is 16.6 Å². The van der Waals surface area contributed by atoms with Crippen LogP contribution in [0.25, 0.3) is 16.7 Å². The molecule has 1 aromatic heterocycles. The smallest absolute Gasteiger partial charge is 0.409 e. The van der Waals surface area contributed by atoms with Crippen molar-refractivity contribution >= 4 is 39.1 Å². The summed E-state index contributed by atoms with van der Waals surface area (Å²) in [6, 6.07) is 10.9. The predicted octanol–water partition coefficient (Wildman–Crippen LogP) is 4.21. The maximum atomic E-state index is 13.3. The second kappa shape index (κ2) is 4.96. The molecule has 2 aromatic carbocycles. The predicted molar refractivity (Wildman–Crippen MR) is 80.3 cm³/mol. The Labute approximate surface area is 126 Å². The lowest BCUT2D eigenvalue weighted by atomic mass is 10.2. The van der Waals surface area contributed by atoms with Crippen LogP contribution in [-0.2, 0) is 0 Å². The Bertz CT molecular complexity index is 915. The van der Waals surface area contributed by atoms with Crippen LogP contribution in [-0.4, -0.2) is 4.57 Å². The highest BCUT2D eigenvalue weighted by molar-refractivity contribution is 9.10.